The quantitative estimate of drug-likeness (QED) is 0.602. The average Bonchev–Trinajstić information content (AvgIpc) is 2.31. The Labute approximate surface area is 91.2 Å². The number of amides is 1. The van der Waals surface area contributed by atoms with E-state index >= 15 is 0 Å². The predicted octanol–water partition coefficient (Wildman–Crippen LogP) is -0.00330. The van der Waals surface area contributed by atoms with E-state index in [-0.39, 0.29) is 11.9 Å². The molecule has 2 rings (SSSR count). The Bertz CT molecular complexity index is 208. The van der Waals surface area contributed by atoms with Gasteiger partial charge in [-0.2, -0.15) is 0 Å². The van der Waals surface area contributed by atoms with Crippen molar-refractivity contribution in [1.29, 1.82) is 0 Å². The van der Waals surface area contributed by atoms with Crippen molar-refractivity contribution in [2.75, 3.05) is 19.6 Å². The molecule has 2 saturated heterocycles. The van der Waals surface area contributed by atoms with Crippen LogP contribution in [-0.2, 0) is 4.79 Å². The van der Waals surface area contributed by atoms with Crippen molar-refractivity contribution >= 4 is 5.91 Å². The second-order valence-electron chi connectivity index (χ2n) is 4.55. The molecule has 2 heterocycles. The first-order valence-corrected chi connectivity index (χ1v) is 6.11. The van der Waals surface area contributed by atoms with Crippen molar-refractivity contribution in [3.05, 3.63) is 0 Å². The van der Waals surface area contributed by atoms with E-state index in [1.54, 1.807) is 0 Å². The van der Waals surface area contributed by atoms with Crippen LogP contribution in [0.4, 0.5) is 0 Å². The third-order valence-corrected chi connectivity index (χ3v) is 3.27. The second kappa shape index (κ2) is 5.47. The summed E-state index contributed by atoms with van der Waals surface area (Å²) in [5.41, 5.74) is 0. The zero-order valence-corrected chi connectivity index (χ0v) is 9.22. The molecular weight excluding hydrogens is 190 g/mol. The largest absolute Gasteiger partial charge is 0.351 e. The molecular formula is C11H21N3O. The smallest absolute Gasteiger partial charge is 0.237 e. The molecule has 0 saturated carbocycles. The predicted molar refractivity (Wildman–Crippen MR) is 59.7 cm³/mol. The fourth-order valence-corrected chi connectivity index (χ4v) is 2.35. The van der Waals surface area contributed by atoms with E-state index in [4.69, 9.17) is 0 Å². The molecule has 0 spiro atoms. The Morgan fingerprint density at radius 2 is 2.07 bits per heavy atom. The van der Waals surface area contributed by atoms with Gasteiger partial charge in [-0.25, -0.2) is 0 Å². The molecule has 0 aromatic rings. The lowest BCUT2D eigenvalue weighted by Crippen LogP contribution is -2.53. The van der Waals surface area contributed by atoms with E-state index in [1.807, 2.05) is 0 Å². The van der Waals surface area contributed by atoms with Gasteiger partial charge in [0, 0.05) is 12.6 Å². The minimum atomic E-state index is 0.0562. The molecule has 4 heteroatoms. The molecule has 2 atom stereocenters. The van der Waals surface area contributed by atoms with Gasteiger partial charge < -0.3 is 16.0 Å². The summed E-state index contributed by atoms with van der Waals surface area (Å²) in [7, 11) is 0. The van der Waals surface area contributed by atoms with Gasteiger partial charge in [0.05, 0.1) is 6.04 Å². The normalized spacial score (nSPS) is 32.3. The third-order valence-electron chi connectivity index (χ3n) is 3.27. The topological polar surface area (TPSA) is 53.2 Å². The van der Waals surface area contributed by atoms with Gasteiger partial charge in [-0.1, -0.05) is 6.42 Å². The van der Waals surface area contributed by atoms with E-state index < -0.39 is 0 Å². The Morgan fingerprint density at radius 1 is 1.13 bits per heavy atom. The number of piperidine rings is 2. The van der Waals surface area contributed by atoms with Crippen LogP contribution in [0.2, 0.25) is 0 Å². The third kappa shape index (κ3) is 3.18. The molecule has 0 bridgehead atoms. The van der Waals surface area contributed by atoms with Gasteiger partial charge in [-0.05, 0) is 38.8 Å². The minimum Gasteiger partial charge on any atom is -0.351 e. The van der Waals surface area contributed by atoms with Gasteiger partial charge in [0.25, 0.3) is 0 Å². The molecule has 86 valence electrons. The van der Waals surface area contributed by atoms with Gasteiger partial charge in [0.2, 0.25) is 5.91 Å². The van der Waals surface area contributed by atoms with E-state index in [0.717, 1.165) is 32.5 Å². The zero-order chi connectivity index (χ0) is 10.5. The molecule has 15 heavy (non-hydrogen) atoms. The molecule has 2 aliphatic heterocycles. The van der Waals surface area contributed by atoms with Crippen LogP contribution in [-0.4, -0.2) is 37.6 Å². The Balaban J connectivity index is 1.74. The van der Waals surface area contributed by atoms with Crippen LogP contribution in [0.1, 0.15) is 32.1 Å². The van der Waals surface area contributed by atoms with Crippen molar-refractivity contribution in [2.45, 2.75) is 44.2 Å². The molecule has 0 radical (unpaired) electrons. The maximum atomic E-state index is 11.9. The summed E-state index contributed by atoms with van der Waals surface area (Å²) in [6.45, 7) is 3.01. The highest BCUT2D eigenvalue weighted by Gasteiger charge is 2.23. The Kier molecular flexibility index (Phi) is 3.97. The lowest BCUT2D eigenvalue weighted by Gasteiger charge is -2.28. The first kappa shape index (κ1) is 10.9. The van der Waals surface area contributed by atoms with Crippen LogP contribution in [0.25, 0.3) is 0 Å². The summed E-state index contributed by atoms with van der Waals surface area (Å²) in [4.78, 5) is 11.9. The lowest BCUT2D eigenvalue weighted by molar-refractivity contribution is -0.124. The van der Waals surface area contributed by atoms with Crippen LogP contribution < -0.4 is 16.0 Å². The first-order chi connectivity index (χ1) is 7.36. The number of carbonyl (C=O) groups is 1. The highest BCUT2D eigenvalue weighted by atomic mass is 16.2. The van der Waals surface area contributed by atoms with Crippen LogP contribution in [0.5, 0.6) is 0 Å². The van der Waals surface area contributed by atoms with Gasteiger partial charge in [-0.3, -0.25) is 4.79 Å². The molecule has 3 N–H and O–H groups in total. The molecule has 4 nitrogen and oxygen atoms in total. The van der Waals surface area contributed by atoms with Gasteiger partial charge in [0.1, 0.15) is 0 Å². The maximum Gasteiger partial charge on any atom is 0.237 e. The average molecular weight is 211 g/mol. The molecule has 0 aliphatic carbocycles. The van der Waals surface area contributed by atoms with Crippen molar-refractivity contribution in [2.24, 2.45) is 0 Å². The fraction of sp³-hybridized carbons (Fsp3) is 0.909. The van der Waals surface area contributed by atoms with Crippen molar-refractivity contribution in [3.8, 4) is 0 Å². The SMILES string of the molecule is O=C(N[C@H]1CCCNC1)[C@H]1CCCCN1. The summed E-state index contributed by atoms with van der Waals surface area (Å²) in [6, 6.07) is 0.399. The van der Waals surface area contributed by atoms with E-state index in [0.29, 0.717) is 6.04 Å². The Morgan fingerprint density at radius 3 is 2.73 bits per heavy atom. The standard InChI is InChI=1S/C11H21N3O/c15-11(10-5-1-2-7-13-10)14-9-4-3-6-12-8-9/h9-10,12-13H,1-8H2,(H,14,15)/t9-,10+/m0/s1. The summed E-state index contributed by atoms with van der Waals surface area (Å²) in [5, 5.41) is 9.71. The van der Waals surface area contributed by atoms with Gasteiger partial charge >= 0.3 is 0 Å². The van der Waals surface area contributed by atoms with Crippen LogP contribution in [0, 0.1) is 0 Å². The van der Waals surface area contributed by atoms with E-state index in [2.05, 4.69) is 16.0 Å². The number of hydrogen-bond donors (Lipinski definition) is 3. The van der Waals surface area contributed by atoms with E-state index in [9.17, 15) is 4.79 Å². The van der Waals surface area contributed by atoms with Crippen LogP contribution in [0.3, 0.4) is 0 Å². The summed E-state index contributed by atoms with van der Waals surface area (Å²) < 4.78 is 0. The number of rotatable bonds is 2. The lowest BCUT2D eigenvalue weighted by atomic mass is 10.0. The highest BCUT2D eigenvalue weighted by Crippen LogP contribution is 2.08. The molecule has 2 fully saturated rings. The summed E-state index contributed by atoms with van der Waals surface area (Å²) in [5.74, 6) is 0.198. The molecule has 0 aromatic carbocycles. The first-order valence-electron chi connectivity index (χ1n) is 6.11. The zero-order valence-electron chi connectivity index (χ0n) is 9.22. The number of carbonyl (C=O) groups excluding carboxylic acids is 1. The summed E-state index contributed by atoms with van der Waals surface area (Å²) in [6.07, 6.45) is 5.66. The van der Waals surface area contributed by atoms with E-state index in [1.165, 1.54) is 19.3 Å². The fourth-order valence-electron chi connectivity index (χ4n) is 2.35. The molecule has 1 amide bonds. The maximum absolute atomic E-state index is 11.9. The van der Waals surface area contributed by atoms with Crippen molar-refractivity contribution in [3.63, 3.8) is 0 Å². The molecule has 2 aliphatic rings. The minimum absolute atomic E-state index is 0.0562. The number of hydrogen-bond acceptors (Lipinski definition) is 3. The van der Waals surface area contributed by atoms with Gasteiger partial charge in [-0.15, -0.1) is 0 Å². The van der Waals surface area contributed by atoms with Crippen LogP contribution >= 0.6 is 0 Å². The van der Waals surface area contributed by atoms with Crippen molar-refractivity contribution < 1.29 is 4.79 Å². The summed E-state index contributed by atoms with van der Waals surface area (Å²) >= 11 is 0. The Hall–Kier alpha value is -0.610. The molecule has 0 aromatic heterocycles. The van der Waals surface area contributed by atoms with Crippen LogP contribution in [0.15, 0.2) is 0 Å². The monoisotopic (exact) mass is 211 g/mol. The highest BCUT2D eigenvalue weighted by molar-refractivity contribution is 5.82. The molecule has 0 unspecified atom stereocenters. The van der Waals surface area contributed by atoms with Crippen molar-refractivity contribution in [1.82, 2.24) is 16.0 Å². The number of nitrogens with one attached hydrogen (secondary N) is 3. The second-order valence-corrected chi connectivity index (χ2v) is 4.55. The van der Waals surface area contributed by atoms with Gasteiger partial charge in [0.15, 0.2) is 0 Å².